The van der Waals surface area contributed by atoms with Gasteiger partial charge in [0.2, 0.25) is 0 Å². The van der Waals surface area contributed by atoms with Crippen LogP contribution in [0, 0.1) is 6.92 Å². The molecule has 5 nitrogen and oxygen atoms in total. The molecular formula is C14H19N3O2. The number of morpholine rings is 1. The molecule has 5 heteroatoms. The van der Waals surface area contributed by atoms with Crippen LogP contribution in [0.5, 0.6) is 5.75 Å². The molecule has 0 spiro atoms. The van der Waals surface area contributed by atoms with E-state index in [1.165, 1.54) is 0 Å². The number of hydrogen-bond donors (Lipinski definition) is 1. The van der Waals surface area contributed by atoms with Crippen molar-refractivity contribution in [2.45, 2.75) is 6.92 Å². The third-order valence-electron chi connectivity index (χ3n) is 3.35. The number of nitrogens with one attached hydrogen (secondary N) is 1. The fraction of sp³-hybridized carbons (Fsp3) is 0.500. The first kappa shape index (κ1) is 12.4. The monoisotopic (exact) mass is 261 g/mol. The summed E-state index contributed by atoms with van der Waals surface area (Å²) in [6, 6.07) is 5.97. The molecule has 2 heterocycles. The van der Waals surface area contributed by atoms with Crippen molar-refractivity contribution in [3.63, 3.8) is 0 Å². The standard InChI is InChI=1S/C14H19N3O2/c1-11-15-13-3-2-12(10-14(13)16-11)19-9-6-17-4-7-18-8-5-17/h2-3,10H,4-9H2,1H3,(H,15,16). The van der Waals surface area contributed by atoms with E-state index in [1.54, 1.807) is 0 Å². The lowest BCUT2D eigenvalue weighted by Crippen LogP contribution is -2.38. The van der Waals surface area contributed by atoms with Gasteiger partial charge in [-0.25, -0.2) is 4.98 Å². The van der Waals surface area contributed by atoms with E-state index in [2.05, 4.69) is 14.9 Å². The highest BCUT2D eigenvalue weighted by Gasteiger charge is 2.09. The lowest BCUT2D eigenvalue weighted by Gasteiger charge is -2.26. The predicted molar refractivity (Wildman–Crippen MR) is 73.6 cm³/mol. The van der Waals surface area contributed by atoms with Crippen LogP contribution in [0.3, 0.4) is 0 Å². The number of imidazole rings is 1. The number of benzene rings is 1. The number of aromatic amines is 1. The van der Waals surface area contributed by atoms with Crippen molar-refractivity contribution >= 4 is 11.0 Å². The normalized spacial score (nSPS) is 16.9. The Bertz CT molecular complexity index is 547. The number of fused-ring (bicyclic) bond motifs is 1. The number of H-pyrrole nitrogens is 1. The van der Waals surface area contributed by atoms with Gasteiger partial charge in [-0.15, -0.1) is 0 Å². The minimum atomic E-state index is 0.707. The van der Waals surface area contributed by atoms with E-state index in [4.69, 9.17) is 9.47 Å². The Kier molecular flexibility index (Phi) is 3.66. The van der Waals surface area contributed by atoms with Gasteiger partial charge >= 0.3 is 0 Å². The first-order chi connectivity index (χ1) is 9.31. The maximum absolute atomic E-state index is 5.80. The third-order valence-corrected chi connectivity index (χ3v) is 3.35. The van der Waals surface area contributed by atoms with E-state index in [1.807, 2.05) is 25.1 Å². The molecule has 102 valence electrons. The molecule has 1 fully saturated rings. The second kappa shape index (κ2) is 5.59. The summed E-state index contributed by atoms with van der Waals surface area (Å²) in [5.41, 5.74) is 2.01. The van der Waals surface area contributed by atoms with Gasteiger partial charge in [-0.05, 0) is 19.1 Å². The average molecular weight is 261 g/mol. The van der Waals surface area contributed by atoms with Gasteiger partial charge in [0.15, 0.2) is 0 Å². The molecule has 2 aromatic rings. The third kappa shape index (κ3) is 3.05. The smallest absolute Gasteiger partial charge is 0.121 e. The van der Waals surface area contributed by atoms with Gasteiger partial charge in [0.1, 0.15) is 18.2 Å². The maximum atomic E-state index is 5.80. The van der Waals surface area contributed by atoms with Crippen LogP contribution >= 0.6 is 0 Å². The summed E-state index contributed by atoms with van der Waals surface area (Å²) in [7, 11) is 0. The Morgan fingerprint density at radius 3 is 3.05 bits per heavy atom. The van der Waals surface area contributed by atoms with Crippen LogP contribution in [0.15, 0.2) is 18.2 Å². The van der Waals surface area contributed by atoms with Crippen molar-refractivity contribution < 1.29 is 9.47 Å². The Morgan fingerprint density at radius 1 is 1.37 bits per heavy atom. The van der Waals surface area contributed by atoms with Crippen molar-refractivity contribution in [3.05, 3.63) is 24.0 Å². The molecule has 1 N–H and O–H groups in total. The van der Waals surface area contributed by atoms with E-state index in [-0.39, 0.29) is 0 Å². The van der Waals surface area contributed by atoms with Crippen LogP contribution in [0.25, 0.3) is 11.0 Å². The van der Waals surface area contributed by atoms with Crippen molar-refractivity contribution in [3.8, 4) is 5.75 Å². The molecule has 0 radical (unpaired) electrons. The van der Waals surface area contributed by atoms with E-state index >= 15 is 0 Å². The molecule has 0 saturated carbocycles. The topological polar surface area (TPSA) is 50.4 Å². The molecule has 19 heavy (non-hydrogen) atoms. The zero-order valence-electron chi connectivity index (χ0n) is 11.2. The lowest BCUT2D eigenvalue weighted by molar-refractivity contribution is 0.0322. The highest BCUT2D eigenvalue weighted by atomic mass is 16.5. The number of ether oxygens (including phenoxy) is 2. The summed E-state index contributed by atoms with van der Waals surface area (Å²) in [4.78, 5) is 9.96. The Labute approximate surface area is 112 Å². The summed E-state index contributed by atoms with van der Waals surface area (Å²) in [5.74, 6) is 1.82. The van der Waals surface area contributed by atoms with Gasteiger partial charge in [-0.1, -0.05) is 0 Å². The molecule has 0 unspecified atom stereocenters. The highest BCUT2D eigenvalue weighted by molar-refractivity contribution is 5.76. The van der Waals surface area contributed by atoms with E-state index in [9.17, 15) is 0 Å². The summed E-state index contributed by atoms with van der Waals surface area (Å²) in [6.45, 7) is 7.28. The van der Waals surface area contributed by atoms with Crippen molar-refractivity contribution in [2.75, 3.05) is 39.5 Å². The van der Waals surface area contributed by atoms with E-state index in [0.717, 1.165) is 55.5 Å². The summed E-state index contributed by atoms with van der Waals surface area (Å²) in [5, 5.41) is 0. The van der Waals surface area contributed by atoms with Crippen LogP contribution in [0.1, 0.15) is 5.82 Å². The quantitative estimate of drug-likeness (QED) is 0.908. The van der Waals surface area contributed by atoms with Crippen LogP contribution < -0.4 is 4.74 Å². The van der Waals surface area contributed by atoms with Crippen molar-refractivity contribution in [1.82, 2.24) is 14.9 Å². The molecule has 0 atom stereocenters. The van der Waals surface area contributed by atoms with Gasteiger partial charge in [-0.2, -0.15) is 0 Å². The number of aromatic nitrogens is 2. The van der Waals surface area contributed by atoms with Crippen LogP contribution in [-0.2, 0) is 4.74 Å². The van der Waals surface area contributed by atoms with Crippen molar-refractivity contribution in [2.24, 2.45) is 0 Å². The van der Waals surface area contributed by atoms with E-state index < -0.39 is 0 Å². The minimum Gasteiger partial charge on any atom is -0.492 e. The average Bonchev–Trinajstić information content (AvgIpc) is 2.79. The van der Waals surface area contributed by atoms with Gasteiger partial charge in [0.25, 0.3) is 0 Å². The first-order valence-electron chi connectivity index (χ1n) is 6.70. The van der Waals surface area contributed by atoms with Crippen LogP contribution in [0.4, 0.5) is 0 Å². The summed E-state index contributed by atoms with van der Waals surface area (Å²) in [6.07, 6.45) is 0. The van der Waals surface area contributed by atoms with Gasteiger partial charge in [0.05, 0.1) is 24.2 Å². The first-order valence-corrected chi connectivity index (χ1v) is 6.70. The fourth-order valence-corrected chi connectivity index (χ4v) is 2.32. The van der Waals surface area contributed by atoms with Crippen LogP contribution in [-0.4, -0.2) is 54.3 Å². The maximum Gasteiger partial charge on any atom is 0.121 e. The molecular weight excluding hydrogens is 242 g/mol. The molecule has 1 saturated heterocycles. The molecule has 0 bridgehead atoms. The Morgan fingerprint density at radius 2 is 2.21 bits per heavy atom. The lowest BCUT2D eigenvalue weighted by atomic mass is 10.3. The summed E-state index contributed by atoms with van der Waals surface area (Å²) >= 11 is 0. The van der Waals surface area contributed by atoms with Gasteiger partial charge < -0.3 is 14.5 Å². The molecule has 1 aliphatic heterocycles. The predicted octanol–water partition coefficient (Wildman–Crippen LogP) is 1.58. The van der Waals surface area contributed by atoms with Gasteiger partial charge in [-0.3, -0.25) is 4.90 Å². The summed E-state index contributed by atoms with van der Waals surface area (Å²) < 4.78 is 11.1. The molecule has 0 amide bonds. The Balaban J connectivity index is 1.55. The number of aryl methyl sites for hydroxylation is 1. The van der Waals surface area contributed by atoms with Crippen LogP contribution in [0.2, 0.25) is 0 Å². The molecule has 3 rings (SSSR count). The second-order valence-corrected chi connectivity index (χ2v) is 4.80. The number of nitrogens with zero attached hydrogens (tertiary/aromatic N) is 2. The van der Waals surface area contributed by atoms with E-state index in [0.29, 0.717) is 6.61 Å². The SMILES string of the molecule is Cc1nc2ccc(OCCN3CCOCC3)cc2[nH]1. The minimum absolute atomic E-state index is 0.707. The number of rotatable bonds is 4. The second-order valence-electron chi connectivity index (χ2n) is 4.80. The molecule has 1 aromatic carbocycles. The number of hydrogen-bond acceptors (Lipinski definition) is 4. The zero-order chi connectivity index (χ0) is 13.1. The van der Waals surface area contributed by atoms with Gasteiger partial charge in [0, 0.05) is 25.7 Å². The molecule has 1 aromatic heterocycles. The fourth-order valence-electron chi connectivity index (χ4n) is 2.32. The largest absolute Gasteiger partial charge is 0.492 e. The Hall–Kier alpha value is -1.59. The van der Waals surface area contributed by atoms with Crippen molar-refractivity contribution in [1.29, 1.82) is 0 Å². The highest BCUT2D eigenvalue weighted by Crippen LogP contribution is 2.18. The molecule has 0 aliphatic carbocycles. The zero-order valence-corrected chi connectivity index (χ0v) is 11.2. The molecule has 1 aliphatic rings.